The van der Waals surface area contributed by atoms with Gasteiger partial charge in [-0.1, -0.05) is 83.3 Å². The second kappa shape index (κ2) is 22.5. The fraction of sp³-hybridized carbons (Fsp3) is 0.115. The van der Waals surface area contributed by atoms with Gasteiger partial charge in [-0.25, -0.2) is 18.7 Å². The molecule has 0 unspecified atom stereocenters. The first-order chi connectivity index (χ1) is 34.4. The lowest BCUT2D eigenvalue weighted by atomic mass is 10.1. The molecule has 0 fully saturated rings. The number of benzene rings is 6. The van der Waals surface area contributed by atoms with Gasteiger partial charge in [-0.2, -0.15) is 0 Å². The van der Waals surface area contributed by atoms with Crippen LogP contribution in [-0.4, -0.2) is 59.5 Å². The smallest absolute Gasteiger partial charge is 0.230 e. The average Bonchev–Trinajstić information content (AvgIpc) is 3.93. The van der Waals surface area contributed by atoms with E-state index >= 15 is 0 Å². The number of nitrogens with two attached hydrogens (primary N) is 1. The summed E-state index contributed by atoms with van der Waals surface area (Å²) in [4.78, 5) is 39.8. The number of nitrogens with zero attached hydrogens (tertiary/aromatic N) is 4. The Morgan fingerprint density at radius 3 is 1.48 bits per heavy atom. The summed E-state index contributed by atoms with van der Waals surface area (Å²) in [7, 11) is 6.17. The zero-order valence-corrected chi connectivity index (χ0v) is 40.6. The van der Waals surface area contributed by atoms with Gasteiger partial charge in [-0.3, -0.25) is 19.6 Å². The predicted octanol–water partition coefficient (Wildman–Crippen LogP) is 12.3. The van der Waals surface area contributed by atoms with Gasteiger partial charge in [0.15, 0.2) is 56.4 Å². The van der Waals surface area contributed by atoms with Crippen molar-refractivity contribution in [1.29, 1.82) is 0 Å². The van der Waals surface area contributed by atoms with Gasteiger partial charge in [0.25, 0.3) is 0 Å². The van der Waals surface area contributed by atoms with E-state index in [2.05, 4.69) is 25.3 Å². The molecule has 0 spiro atoms. The summed E-state index contributed by atoms with van der Waals surface area (Å²) in [6.07, 6.45) is 3.71. The fourth-order valence-corrected chi connectivity index (χ4v) is 8.89. The number of nitrogens with one attached hydrogen (secondary N) is 1. The zero-order chi connectivity index (χ0) is 50.0. The number of fused-ring (bicyclic) bond motifs is 4. The van der Waals surface area contributed by atoms with Gasteiger partial charge in [-0.15, -0.1) is 0 Å². The Hall–Kier alpha value is -8.19. The first kappa shape index (κ1) is 49.2. The van der Waals surface area contributed by atoms with E-state index in [1.165, 1.54) is 41.9 Å². The fourth-order valence-electron chi connectivity index (χ4n) is 7.10. The van der Waals surface area contributed by atoms with Crippen molar-refractivity contribution in [3.05, 3.63) is 156 Å². The number of halogens is 3. The number of ether oxygens (including phenoxy) is 6. The van der Waals surface area contributed by atoms with E-state index in [9.17, 15) is 18.4 Å². The summed E-state index contributed by atoms with van der Waals surface area (Å²) in [5.74, 6) is 1.82. The van der Waals surface area contributed by atoms with Gasteiger partial charge < -0.3 is 39.5 Å². The van der Waals surface area contributed by atoms with Crippen molar-refractivity contribution in [1.82, 2.24) is 19.9 Å². The highest BCUT2D eigenvalue weighted by Crippen LogP contribution is 2.41. The minimum absolute atomic E-state index is 0.0330. The molecule has 0 saturated carbocycles. The van der Waals surface area contributed by atoms with Crippen molar-refractivity contribution in [2.45, 2.75) is 12.8 Å². The van der Waals surface area contributed by atoms with Gasteiger partial charge in [-0.05, 0) is 47.0 Å². The van der Waals surface area contributed by atoms with Crippen LogP contribution >= 0.6 is 34.3 Å². The number of thiazole rings is 2. The summed E-state index contributed by atoms with van der Waals surface area (Å²) in [5.41, 5.74) is 9.73. The van der Waals surface area contributed by atoms with E-state index in [1.807, 2.05) is 60.7 Å². The second-order valence-corrected chi connectivity index (χ2v) is 17.6. The molecule has 71 heavy (non-hydrogen) atoms. The van der Waals surface area contributed by atoms with Gasteiger partial charge in [0.05, 0.1) is 66.3 Å². The lowest BCUT2D eigenvalue weighted by molar-refractivity contribution is -0.115. The minimum atomic E-state index is -0.574. The van der Waals surface area contributed by atoms with Crippen LogP contribution in [0, 0.1) is 11.6 Å². The van der Waals surface area contributed by atoms with Crippen LogP contribution in [0.5, 0.6) is 46.0 Å². The number of carbonyl (C=O) groups excluding carboxylic acids is 2. The molecule has 0 aliphatic carbocycles. The first-order valence-corrected chi connectivity index (χ1v) is 23.3. The van der Waals surface area contributed by atoms with Crippen LogP contribution in [0.4, 0.5) is 19.0 Å². The van der Waals surface area contributed by atoms with Gasteiger partial charge >= 0.3 is 0 Å². The Kier molecular flexibility index (Phi) is 15.6. The van der Waals surface area contributed by atoms with Crippen LogP contribution in [0.15, 0.2) is 134 Å². The highest BCUT2D eigenvalue weighted by atomic mass is 35.5. The lowest BCUT2D eigenvalue weighted by Crippen LogP contribution is -2.13. The van der Waals surface area contributed by atoms with Crippen molar-refractivity contribution in [3.63, 3.8) is 0 Å². The number of methoxy groups -OCH3 is 4. The van der Waals surface area contributed by atoms with E-state index in [4.69, 9.17) is 45.8 Å². The molecule has 4 aromatic heterocycles. The third kappa shape index (κ3) is 12.0. The van der Waals surface area contributed by atoms with Crippen LogP contribution < -0.4 is 39.5 Å². The summed E-state index contributed by atoms with van der Waals surface area (Å²) in [6, 6.07) is 34.9. The topological polar surface area (TPSA) is 179 Å². The Balaban J connectivity index is 0.000000164. The molecule has 10 rings (SSSR count). The molecule has 14 nitrogen and oxygen atoms in total. The molecular formula is C52H41ClF2N6O8S2. The van der Waals surface area contributed by atoms with Crippen molar-refractivity contribution in [3.8, 4) is 46.0 Å². The van der Waals surface area contributed by atoms with E-state index < -0.39 is 11.6 Å². The first-order valence-electron chi connectivity index (χ1n) is 21.3. The summed E-state index contributed by atoms with van der Waals surface area (Å²) in [5, 5.41) is 4.56. The van der Waals surface area contributed by atoms with E-state index in [0.29, 0.717) is 88.7 Å². The van der Waals surface area contributed by atoms with Gasteiger partial charge in [0.2, 0.25) is 11.1 Å². The average molecular weight is 1020 g/mol. The van der Waals surface area contributed by atoms with Crippen LogP contribution in [-0.2, 0) is 22.4 Å². The Labute approximate surface area is 417 Å². The van der Waals surface area contributed by atoms with Crippen LogP contribution in [0.3, 0.4) is 0 Å². The number of hydrogen-bond acceptors (Lipinski definition) is 15. The number of pyridine rings is 2. The second-order valence-electron chi connectivity index (χ2n) is 15.1. The van der Waals surface area contributed by atoms with E-state index in [1.54, 1.807) is 82.3 Å². The molecule has 0 atom stereocenters. The van der Waals surface area contributed by atoms with Crippen LogP contribution in [0.2, 0.25) is 0 Å². The standard InChI is InChI=1S/C26H20FN3O4S.C18H14FN3O3S.C8H7ClO/c1-32-22-11-16-18(13-23(22)33-2)28-9-8-20(16)34-21-14-24-19(12-17(21)27)29-26(35-24)30-25(31)10-15-6-4-3-5-7-15;1-23-15-5-9-11(7-16(15)24-2)21-4-3-13(9)25-14-8-17-12(6-10(14)19)22-18(20)26-17;9-8(10)6-7-4-2-1-3-5-7/h3-9,11-14H,10H2,1-2H3,(H,29,30,31);3-8H,1-2H3,(H2,20,22);1-5H,6H2. The third-order valence-corrected chi connectivity index (χ3v) is 12.3. The van der Waals surface area contributed by atoms with Crippen LogP contribution in [0.1, 0.15) is 11.1 Å². The largest absolute Gasteiger partial charge is 0.493 e. The van der Waals surface area contributed by atoms with Crippen LogP contribution in [0.25, 0.3) is 42.2 Å². The maximum absolute atomic E-state index is 14.9. The Bertz CT molecular complexity index is 3530. The summed E-state index contributed by atoms with van der Waals surface area (Å²) < 4.78 is 63.9. The Morgan fingerprint density at radius 2 is 1.00 bits per heavy atom. The molecule has 1 amide bonds. The molecule has 0 radical (unpaired) electrons. The summed E-state index contributed by atoms with van der Waals surface area (Å²) >= 11 is 7.69. The zero-order valence-electron chi connectivity index (χ0n) is 38.2. The molecular weight excluding hydrogens is 974 g/mol. The number of aromatic nitrogens is 4. The SMILES string of the molecule is COc1cc2nccc(Oc3cc4sc(N)nc4cc3F)c2cc1OC.COc1cc2nccc(Oc3cc4sc(NC(=O)Cc5ccccc5)nc4cc3F)c2cc1OC.O=C(Cl)Cc1ccccc1. The predicted molar refractivity (Wildman–Crippen MR) is 273 cm³/mol. The molecule has 4 heterocycles. The highest BCUT2D eigenvalue weighted by molar-refractivity contribution is 7.22. The van der Waals surface area contributed by atoms with Crippen molar-refractivity contribution < 1.29 is 46.8 Å². The molecule has 3 N–H and O–H groups in total. The molecule has 19 heteroatoms. The van der Waals surface area contributed by atoms with Crippen molar-refractivity contribution >= 4 is 97.9 Å². The monoisotopic (exact) mass is 1010 g/mol. The maximum Gasteiger partial charge on any atom is 0.230 e. The van der Waals surface area contributed by atoms with E-state index in [-0.39, 0.29) is 29.1 Å². The molecule has 6 aromatic carbocycles. The minimum Gasteiger partial charge on any atom is -0.493 e. The van der Waals surface area contributed by atoms with Gasteiger partial charge in [0, 0.05) is 66.0 Å². The number of amides is 1. The maximum atomic E-state index is 14.9. The number of rotatable bonds is 13. The normalized spacial score (nSPS) is 10.7. The quantitative estimate of drug-likeness (QED) is 0.104. The number of hydrogen-bond donors (Lipinski definition) is 2. The molecule has 10 aromatic rings. The van der Waals surface area contributed by atoms with Crippen molar-refractivity contribution in [2.24, 2.45) is 0 Å². The number of carbonyl (C=O) groups is 2. The highest BCUT2D eigenvalue weighted by Gasteiger charge is 2.18. The lowest BCUT2D eigenvalue weighted by Gasteiger charge is -2.12. The molecule has 0 bridgehead atoms. The molecule has 0 aliphatic rings. The van der Waals surface area contributed by atoms with E-state index in [0.717, 1.165) is 15.8 Å². The molecule has 360 valence electrons. The molecule has 0 aliphatic heterocycles. The number of anilines is 2. The van der Waals surface area contributed by atoms with Gasteiger partial charge in [0.1, 0.15) is 11.5 Å². The number of nitrogen functional groups attached to an aromatic ring is 1. The third-order valence-electron chi connectivity index (χ3n) is 10.4. The summed E-state index contributed by atoms with van der Waals surface area (Å²) in [6.45, 7) is 0. The van der Waals surface area contributed by atoms with Crippen molar-refractivity contribution in [2.75, 3.05) is 39.5 Å². The molecule has 0 saturated heterocycles. The Morgan fingerprint density at radius 1 is 0.549 bits per heavy atom.